The Morgan fingerprint density at radius 1 is 1.21 bits per heavy atom. The Morgan fingerprint density at radius 2 is 1.92 bits per heavy atom. The van der Waals surface area contributed by atoms with Crippen molar-refractivity contribution in [1.29, 1.82) is 0 Å². The highest BCUT2D eigenvalue weighted by molar-refractivity contribution is 7.51. The highest BCUT2D eigenvalue weighted by atomic mass is 31.2. The molecule has 4 N–H and O–H groups in total. The Labute approximate surface area is 139 Å². The van der Waals surface area contributed by atoms with Crippen molar-refractivity contribution >= 4 is 19.4 Å². The number of aliphatic carboxylic acids is 1. The van der Waals surface area contributed by atoms with Crippen LogP contribution < -0.4 is 5.73 Å². The van der Waals surface area contributed by atoms with Gasteiger partial charge in [-0.1, -0.05) is 36.4 Å². The predicted molar refractivity (Wildman–Crippen MR) is 89.4 cm³/mol. The molecule has 0 fully saturated rings. The molecule has 0 aliphatic heterocycles. The molecule has 8 heteroatoms. The number of carboxylic acid groups (broad SMARTS) is 1. The Morgan fingerprint density at radius 3 is 2.50 bits per heavy atom. The van der Waals surface area contributed by atoms with E-state index in [9.17, 15) is 19.4 Å². The van der Waals surface area contributed by atoms with Gasteiger partial charge in [0, 0.05) is 6.20 Å². The lowest BCUT2D eigenvalue weighted by molar-refractivity contribution is -0.142. The van der Waals surface area contributed by atoms with Gasteiger partial charge in [-0.2, -0.15) is 0 Å². The molecule has 2 rings (SSSR count). The molecular weight excluding hydrogens is 331 g/mol. The fourth-order valence-electron chi connectivity index (χ4n) is 2.12. The minimum atomic E-state index is -3.92. The zero-order valence-electron chi connectivity index (χ0n) is 12.9. The number of anilines is 1. The first-order valence-corrected chi connectivity index (χ1v) is 9.05. The number of carbonyl (C=O) groups is 1. The van der Waals surface area contributed by atoms with E-state index in [4.69, 9.17) is 10.3 Å². The average molecular weight is 350 g/mol. The summed E-state index contributed by atoms with van der Waals surface area (Å²) in [4.78, 5) is 25.2. The number of nitrogens with two attached hydrogens (primary N) is 1. The zero-order valence-corrected chi connectivity index (χ0v) is 13.8. The van der Waals surface area contributed by atoms with E-state index in [0.717, 1.165) is 0 Å². The summed E-state index contributed by atoms with van der Waals surface area (Å²) in [5.41, 5.74) is 6.80. The summed E-state index contributed by atoms with van der Waals surface area (Å²) in [5.74, 6) is -1.72. The lowest BCUT2D eigenvalue weighted by Crippen LogP contribution is -2.22. The highest BCUT2D eigenvalue weighted by Gasteiger charge is 2.26. The van der Waals surface area contributed by atoms with Crippen LogP contribution in [0.5, 0.6) is 0 Å². The number of hydrogen-bond donors (Lipinski definition) is 3. The molecule has 0 aliphatic carbocycles. The average Bonchev–Trinajstić information content (AvgIpc) is 2.53. The molecule has 1 heterocycles. The molecule has 7 nitrogen and oxygen atoms in total. The van der Waals surface area contributed by atoms with Gasteiger partial charge in [0.1, 0.15) is 5.82 Å². The Bertz CT molecular complexity index is 721. The van der Waals surface area contributed by atoms with Crippen LogP contribution in [0.2, 0.25) is 0 Å². The minimum absolute atomic E-state index is 0.133. The second-order valence-electron chi connectivity index (χ2n) is 5.41. The van der Waals surface area contributed by atoms with E-state index >= 15 is 0 Å². The summed E-state index contributed by atoms with van der Waals surface area (Å²) in [6, 6.07) is 12.0. The summed E-state index contributed by atoms with van der Waals surface area (Å²) in [5, 5.41) is 9.28. The second-order valence-corrected chi connectivity index (χ2v) is 7.26. The van der Waals surface area contributed by atoms with Crippen LogP contribution in [0, 0.1) is 5.92 Å². The highest BCUT2D eigenvalue weighted by Crippen LogP contribution is 2.46. The van der Waals surface area contributed by atoms with Crippen molar-refractivity contribution in [3.63, 3.8) is 0 Å². The van der Waals surface area contributed by atoms with Gasteiger partial charge in [-0.05, 0) is 23.6 Å². The molecule has 0 radical (unpaired) electrons. The Kier molecular flexibility index (Phi) is 6.09. The molecule has 24 heavy (non-hydrogen) atoms. The van der Waals surface area contributed by atoms with E-state index in [1.807, 2.05) is 0 Å². The van der Waals surface area contributed by atoms with Gasteiger partial charge in [0.25, 0.3) is 0 Å². The minimum Gasteiger partial charge on any atom is -0.481 e. The van der Waals surface area contributed by atoms with Gasteiger partial charge in [0.2, 0.25) is 0 Å². The van der Waals surface area contributed by atoms with Gasteiger partial charge >= 0.3 is 13.6 Å². The molecule has 2 aromatic rings. The first-order chi connectivity index (χ1) is 11.4. The van der Waals surface area contributed by atoms with Crippen molar-refractivity contribution < 1.29 is 23.9 Å². The normalized spacial score (nSPS) is 14.7. The SMILES string of the molecule is Nc1ccc(CC(COP(=O)(O)Cc2ccccc2)C(=O)O)cn1. The lowest BCUT2D eigenvalue weighted by atomic mass is 10.0. The molecule has 0 amide bonds. The maximum Gasteiger partial charge on any atom is 0.332 e. The molecular formula is C16H19N2O5P. The summed E-state index contributed by atoms with van der Waals surface area (Å²) in [6.07, 6.45) is 1.45. The van der Waals surface area contributed by atoms with Crippen molar-refractivity contribution in [2.45, 2.75) is 12.6 Å². The van der Waals surface area contributed by atoms with Crippen molar-refractivity contribution in [1.82, 2.24) is 4.98 Å². The first-order valence-electron chi connectivity index (χ1n) is 7.29. The van der Waals surface area contributed by atoms with Crippen LogP contribution in [0.3, 0.4) is 0 Å². The van der Waals surface area contributed by atoms with E-state index in [0.29, 0.717) is 16.9 Å². The quantitative estimate of drug-likeness (QED) is 0.624. The van der Waals surface area contributed by atoms with Crippen molar-refractivity contribution in [3.8, 4) is 0 Å². The summed E-state index contributed by atoms with van der Waals surface area (Å²) < 4.78 is 17.2. The molecule has 0 bridgehead atoms. The molecule has 2 unspecified atom stereocenters. The predicted octanol–water partition coefficient (Wildman–Crippen LogP) is 2.31. The maximum atomic E-state index is 12.1. The summed E-state index contributed by atoms with van der Waals surface area (Å²) >= 11 is 0. The van der Waals surface area contributed by atoms with E-state index in [1.165, 1.54) is 6.20 Å². The maximum absolute atomic E-state index is 12.1. The number of hydrogen-bond acceptors (Lipinski definition) is 5. The number of benzene rings is 1. The molecule has 0 saturated heterocycles. The third-order valence-electron chi connectivity index (χ3n) is 3.38. The third kappa shape index (κ3) is 5.77. The van der Waals surface area contributed by atoms with Gasteiger partial charge in [0.15, 0.2) is 0 Å². The van der Waals surface area contributed by atoms with Crippen LogP contribution in [0.25, 0.3) is 0 Å². The fourth-order valence-corrected chi connectivity index (χ4v) is 3.30. The van der Waals surface area contributed by atoms with Crippen molar-refractivity contribution in [3.05, 3.63) is 59.8 Å². The fraction of sp³-hybridized carbons (Fsp3) is 0.250. The van der Waals surface area contributed by atoms with Crippen LogP contribution in [0.15, 0.2) is 48.7 Å². The van der Waals surface area contributed by atoms with Gasteiger partial charge in [-0.3, -0.25) is 9.36 Å². The smallest absolute Gasteiger partial charge is 0.332 e. The van der Waals surface area contributed by atoms with Gasteiger partial charge in [-0.25, -0.2) is 4.98 Å². The largest absolute Gasteiger partial charge is 0.481 e. The molecule has 0 saturated carbocycles. The lowest BCUT2D eigenvalue weighted by Gasteiger charge is -2.16. The zero-order chi connectivity index (χ0) is 17.6. The molecule has 2 atom stereocenters. The standard InChI is InChI=1S/C16H19N2O5P/c17-15-7-6-13(9-18-15)8-14(16(19)20)10-23-24(21,22)11-12-4-2-1-3-5-12/h1-7,9,14H,8,10-11H2,(H2,17,18)(H,19,20)(H,21,22). The van der Waals surface area contributed by atoms with Crippen LogP contribution in [0.1, 0.15) is 11.1 Å². The molecule has 0 aliphatic rings. The molecule has 1 aromatic carbocycles. The number of aromatic nitrogens is 1. The summed E-state index contributed by atoms with van der Waals surface area (Å²) in [7, 11) is -3.92. The van der Waals surface area contributed by atoms with Crippen LogP contribution in [0.4, 0.5) is 5.82 Å². The second kappa shape index (κ2) is 8.06. The number of nitrogens with zero attached hydrogens (tertiary/aromatic N) is 1. The van der Waals surface area contributed by atoms with Gasteiger partial charge in [0.05, 0.1) is 18.7 Å². The van der Waals surface area contributed by atoms with E-state index < -0.39 is 19.5 Å². The van der Waals surface area contributed by atoms with Gasteiger partial charge < -0.3 is 20.3 Å². The Hall–Kier alpha value is -2.21. The van der Waals surface area contributed by atoms with Crippen molar-refractivity contribution in [2.75, 3.05) is 12.3 Å². The number of carboxylic acids is 1. The monoisotopic (exact) mass is 350 g/mol. The number of pyridine rings is 1. The van der Waals surface area contributed by atoms with Crippen LogP contribution in [-0.4, -0.2) is 27.6 Å². The van der Waals surface area contributed by atoms with Gasteiger partial charge in [-0.15, -0.1) is 0 Å². The van der Waals surface area contributed by atoms with E-state index in [-0.39, 0.29) is 19.2 Å². The molecule has 0 spiro atoms. The molecule has 1 aromatic heterocycles. The van der Waals surface area contributed by atoms with Crippen LogP contribution in [-0.2, 0) is 26.5 Å². The first kappa shape index (κ1) is 18.1. The van der Waals surface area contributed by atoms with E-state index in [2.05, 4.69) is 4.98 Å². The molecule has 128 valence electrons. The number of nitrogen functional groups attached to an aromatic ring is 1. The Balaban J connectivity index is 1.96. The number of rotatable bonds is 8. The van der Waals surface area contributed by atoms with E-state index in [1.54, 1.807) is 42.5 Å². The topological polar surface area (TPSA) is 123 Å². The summed E-state index contributed by atoms with van der Waals surface area (Å²) in [6.45, 7) is -0.361. The van der Waals surface area contributed by atoms with Crippen LogP contribution >= 0.6 is 7.60 Å². The van der Waals surface area contributed by atoms with Crippen molar-refractivity contribution in [2.24, 2.45) is 5.92 Å². The third-order valence-corrected chi connectivity index (χ3v) is 4.70.